The Morgan fingerprint density at radius 3 is 2.75 bits per heavy atom. The van der Waals surface area contributed by atoms with Crippen molar-refractivity contribution in [1.29, 1.82) is 0 Å². The molecule has 3 heteroatoms. The fourth-order valence-corrected chi connectivity index (χ4v) is 1.86. The van der Waals surface area contributed by atoms with Gasteiger partial charge in [0.05, 0.1) is 12.0 Å². The van der Waals surface area contributed by atoms with E-state index in [2.05, 4.69) is 22.7 Å². The van der Waals surface area contributed by atoms with Gasteiger partial charge >= 0.3 is 0 Å². The molecule has 0 radical (unpaired) electrons. The van der Waals surface area contributed by atoms with Crippen LogP contribution in [0, 0.1) is 0 Å². The van der Waals surface area contributed by atoms with Gasteiger partial charge in [-0.1, -0.05) is 32.6 Å². The largest absolute Gasteiger partial charge is 0.337 e. The lowest BCUT2D eigenvalue weighted by molar-refractivity contribution is 0.567. The van der Waals surface area contributed by atoms with Gasteiger partial charge in [0.25, 0.3) is 0 Å². The first-order valence-electron chi connectivity index (χ1n) is 6.48. The van der Waals surface area contributed by atoms with Crippen molar-refractivity contribution in [3.05, 3.63) is 18.2 Å². The average Bonchev–Trinajstić information content (AvgIpc) is 2.64. The quantitative estimate of drug-likeness (QED) is 0.689. The van der Waals surface area contributed by atoms with Crippen molar-refractivity contribution in [3.63, 3.8) is 0 Å². The molecule has 0 saturated carbocycles. The van der Waals surface area contributed by atoms with Crippen molar-refractivity contribution in [2.45, 2.75) is 65.0 Å². The Kier molecular flexibility index (Phi) is 6.16. The van der Waals surface area contributed by atoms with Gasteiger partial charge in [0.15, 0.2) is 0 Å². The van der Waals surface area contributed by atoms with Gasteiger partial charge in [0.1, 0.15) is 0 Å². The second-order valence-electron chi connectivity index (χ2n) is 4.70. The fraction of sp³-hybridized carbons (Fsp3) is 0.769. The maximum absolute atomic E-state index is 5.74. The van der Waals surface area contributed by atoms with E-state index < -0.39 is 0 Å². The van der Waals surface area contributed by atoms with Crippen LogP contribution in [0.15, 0.2) is 12.5 Å². The molecular formula is C13H25N3. The van der Waals surface area contributed by atoms with Crippen LogP contribution < -0.4 is 5.73 Å². The zero-order valence-electron chi connectivity index (χ0n) is 10.7. The summed E-state index contributed by atoms with van der Waals surface area (Å²) in [4.78, 5) is 4.35. The average molecular weight is 223 g/mol. The molecule has 2 N–H and O–H groups in total. The van der Waals surface area contributed by atoms with Crippen LogP contribution in [0.4, 0.5) is 0 Å². The molecular weight excluding hydrogens is 198 g/mol. The van der Waals surface area contributed by atoms with Crippen LogP contribution in [0.5, 0.6) is 0 Å². The highest BCUT2D eigenvalue weighted by Gasteiger charge is 2.01. The predicted molar refractivity (Wildman–Crippen MR) is 68.3 cm³/mol. The minimum absolute atomic E-state index is 0.202. The lowest BCUT2D eigenvalue weighted by Crippen LogP contribution is -2.17. The summed E-state index contributed by atoms with van der Waals surface area (Å²) in [5.74, 6) is 0. The molecule has 1 unspecified atom stereocenters. The first kappa shape index (κ1) is 13.2. The summed E-state index contributed by atoms with van der Waals surface area (Å²) in [5.41, 5.74) is 6.85. The summed E-state index contributed by atoms with van der Waals surface area (Å²) >= 11 is 0. The lowest BCUT2D eigenvalue weighted by Gasteiger charge is -2.02. The van der Waals surface area contributed by atoms with Crippen molar-refractivity contribution >= 4 is 0 Å². The van der Waals surface area contributed by atoms with Crippen molar-refractivity contribution in [2.24, 2.45) is 5.73 Å². The first-order valence-corrected chi connectivity index (χ1v) is 6.48. The maximum atomic E-state index is 5.74. The van der Waals surface area contributed by atoms with Crippen LogP contribution in [0.2, 0.25) is 0 Å². The number of aryl methyl sites for hydroxylation is 1. The summed E-state index contributed by atoms with van der Waals surface area (Å²) in [5, 5.41) is 0. The number of hydrogen-bond acceptors (Lipinski definition) is 2. The van der Waals surface area contributed by atoms with Gasteiger partial charge in [-0.05, 0) is 13.3 Å². The minimum Gasteiger partial charge on any atom is -0.337 e. The normalized spacial score (nSPS) is 12.9. The number of unbranched alkanes of at least 4 members (excludes halogenated alkanes) is 4. The smallest absolute Gasteiger partial charge is 0.0949 e. The molecule has 1 heterocycles. The van der Waals surface area contributed by atoms with Crippen LogP contribution in [-0.4, -0.2) is 15.6 Å². The van der Waals surface area contributed by atoms with Crippen LogP contribution in [-0.2, 0) is 13.0 Å². The molecule has 1 rings (SSSR count). The fourth-order valence-electron chi connectivity index (χ4n) is 1.86. The highest BCUT2D eigenvalue weighted by atomic mass is 15.0. The Balaban J connectivity index is 2.19. The van der Waals surface area contributed by atoms with E-state index in [0.29, 0.717) is 0 Å². The van der Waals surface area contributed by atoms with Gasteiger partial charge in [0.2, 0.25) is 0 Å². The standard InChI is InChI=1S/C13H25N3/c1-3-4-5-6-7-8-16-10-13(15-11-16)9-12(2)14/h10-12H,3-9,14H2,1-2H3. The summed E-state index contributed by atoms with van der Waals surface area (Å²) < 4.78 is 2.18. The first-order chi connectivity index (χ1) is 7.72. The lowest BCUT2D eigenvalue weighted by atomic mass is 10.1. The number of imidazole rings is 1. The molecule has 16 heavy (non-hydrogen) atoms. The van der Waals surface area contributed by atoms with Gasteiger partial charge in [-0.2, -0.15) is 0 Å². The topological polar surface area (TPSA) is 43.8 Å². The van der Waals surface area contributed by atoms with Crippen molar-refractivity contribution in [1.82, 2.24) is 9.55 Å². The van der Waals surface area contributed by atoms with Crippen LogP contribution in [0.1, 0.15) is 51.6 Å². The molecule has 1 aromatic heterocycles. The third-order valence-electron chi connectivity index (χ3n) is 2.74. The number of aromatic nitrogens is 2. The second-order valence-corrected chi connectivity index (χ2v) is 4.70. The summed E-state index contributed by atoms with van der Waals surface area (Å²) in [6, 6.07) is 0.202. The van der Waals surface area contributed by atoms with Gasteiger partial charge in [-0.15, -0.1) is 0 Å². The highest BCUT2D eigenvalue weighted by Crippen LogP contribution is 2.05. The Morgan fingerprint density at radius 2 is 2.06 bits per heavy atom. The summed E-state index contributed by atoms with van der Waals surface area (Å²) in [7, 11) is 0. The molecule has 0 spiro atoms. The van der Waals surface area contributed by atoms with E-state index >= 15 is 0 Å². The van der Waals surface area contributed by atoms with Gasteiger partial charge in [-0.3, -0.25) is 0 Å². The molecule has 0 saturated heterocycles. The maximum Gasteiger partial charge on any atom is 0.0949 e. The van der Waals surface area contributed by atoms with E-state index in [1.807, 2.05) is 13.3 Å². The molecule has 0 bridgehead atoms. The molecule has 0 fully saturated rings. The van der Waals surface area contributed by atoms with E-state index in [4.69, 9.17) is 5.73 Å². The molecule has 0 aliphatic rings. The van der Waals surface area contributed by atoms with E-state index in [1.165, 1.54) is 32.1 Å². The van der Waals surface area contributed by atoms with E-state index in [9.17, 15) is 0 Å². The third-order valence-corrected chi connectivity index (χ3v) is 2.74. The van der Waals surface area contributed by atoms with E-state index in [0.717, 1.165) is 18.7 Å². The monoisotopic (exact) mass is 223 g/mol. The Morgan fingerprint density at radius 1 is 1.31 bits per heavy atom. The zero-order chi connectivity index (χ0) is 11.8. The van der Waals surface area contributed by atoms with Gasteiger partial charge in [0, 0.05) is 25.2 Å². The molecule has 0 aliphatic carbocycles. The summed E-state index contributed by atoms with van der Waals surface area (Å²) in [6.07, 6.45) is 11.5. The van der Waals surface area contributed by atoms with E-state index in [1.54, 1.807) is 0 Å². The zero-order valence-corrected chi connectivity index (χ0v) is 10.7. The highest BCUT2D eigenvalue weighted by molar-refractivity contribution is 4.98. The minimum atomic E-state index is 0.202. The van der Waals surface area contributed by atoms with Gasteiger partial charge < -0.3 is 10.3 Å². The predicted octanol–water partition coefficient (Wildman–Crippen LogP) is 2.74. The molecule has 1 atom stereocenters. The number of nitrogens with two attached hydrogens (primary N) is 1. The number of hydrogen-bond donors (Lipinski definition) is 1. The van der Waals surface area contributed by atoms with Crippen molar-refractivity contribution < 1.29 is 0 Å². The Hall–Kier alpha value is -0.830. The number of rotatable bonds is 8. The van der Waals surface area contributed by atoms with Crippen LogP contribution in [0.25, 0.3) is 0 Å². The molecule has 0 aromatic carbocycles. The van der Waals surface area contributed by atoms with E-state index in [-0.39, 0.29) is 6.04 Å². The third kappa shape index (κ3) is 5.31. The van der Waals surface area contributed by atoms with Crippen molar-refractivity contribution in [3.8, 4) is 0 Å². The summed E-state index contributed by atoms with van der Waals surface area (Å²) in [6.45, 7) is 5.36. The SMILES string of the molecule is CCCCCCCn1cnc(CC(C)N)c1. The molecule has 0 aliphatic heterocycles. The Labute approximate surface area is 99.1 Å². The molecule has 92 valence electrons. The molecule has 1 aromatic rings. The molecule has 0 amide bonds. The Bertz CT molecular complexity index is 278. The second kappa shape index (κ2) is 7.44. The molecule has 3 nitrogen and oxygen atoms in total. The van der Waals surface area contributed by atoms with Gasteiger partial charge in [-0.25, -0.2) is 4.98 Å². The number of nitrogens with zero attached hydrogens (tertiary/aromatic N) is 2. The van der Waals surface area contributed by atoms with Crippen LogP contribution in [0.3, 0.4) is 0 Å². The van der Waals surface area contributed by atoms with Crippen LogP contribution >= 0.6 is 0 Å². The van der Waals surface area contributed by atoms with Crippen molar-refractivity contribution in [2.75, 3.05) is 0 Å².